The average molecular weight is 288 g/mol. The fraction of sp³-hybridized carbons (Fsp3) is 0.615. The van der Waals surface area contributed by atoms with Crippen molar-refractivity contribution in [3.63, 3.8) is 0 Å². The van der Waals surface area contributed by atoms with Crippen LogP contribution in [0, 0.1) is 5.82 Å². The second kappa shape index (κ2) is 7.55. The van der Waals surface area contributed by atoms with E-state index in [0.717, 1.165) is 38.2 Å². The molecule has 0 saturated heterocycles. The molecule has 1 N–H and O–H groups in total. The molecule has 1 atom stereocenters. The van der Waals surface area contributed by atoms with E-state index in [4.69, 9.17) is 0 Å². The van der Waals surface area contributed by atoms with Gasteiger partial charge in [-0.2, -0.15) is 0 Å². The summed E-state index contributed by atoms with van der Waals surface area (Å²) in [5.74, 6) is -0.826. The molecule has 1 unspecified atom stereocenters. The Balaban J connectivity index is 2.58. The molecule has 0 saturated carbocycles. The minimum absolute atomic E-state index is 0.219. The Morgan fingerprint density at radius 2 is 2.11 bits per heavy atom. The van der Waals surface area contributed by atoms with Crippen molar-refractivity contribution in [1.82, 2.24) is 9.71 Å². The predicted octanol–water partition coefficient (Wildman–Crippen LogP) is 2.86. The van der Waals surface area contributed by atoms with Gasteiger partial charge in [-0.3, -0.25) is 0 Å². The fourth-order valence-corrected chi connectivity index (χ4v) is 3.11. The van der Waals surface area contributed by atoms with Gasteiger partial charge in [0.15, 0.2) is 5.82 Å². The number of aromatic nitrogens is 1. The topological polar surface area (TPSA) is 59.1 Å². The van der Waals surface area contributed by atoms with Gasteiger partial charge in [0.2, 0.25) is 5.03 Å². The van der Waals surface area contributed by atoms with Gasteiger partial charge in [-0.15, -0.1) is 0 Å². The average Bonchev–Trinajstić information content (AvgIpc) is 2.34. The van der Waals surface area contributed by atoms with Crippen molar-refractivity contribution >= 4 is 10.0 Å². The maximum absolute atomic E-state index is 13.4. The van der Waals surface area contributed by atoms with Gasteiger partial charge in [0, 0.05) is 12.2 Å². The molecule has 0 aliphatic heterocycles. The van der Waals surface area contributed by atoms with Crippen molar-refractivity contribution in [2.75, 3.05) is 0 Å². The zero-order chi connectivity index (χ0) is 14.3. The van der Waals surface area contributed by atoms with Crippen LogP contribution in [-0.4, -0.2) is 19.4 Å². The highest BCUT2D eigenvalue weighted by Gasteiger charge is 2.22. The van der Waals surface area contributed by atoms with Crippen LogP contribution in [0.1, 0.15) is 46.0 Å². The van der Waals surface area contributed by atoms with Gasteiger partial charge in [0.05, 0.1) is 0 Å². The number of nitrogens with zero attached hydrogens (tertiary/aromatic N) is 1. The molecule has 0 amide bonds. The van der Waals surface area contributed by atoms with Crippen molar-refractivity contribution in [1.29, 1.82) is 0 Å². The summed E-state index contributed by atoms with van der Waals surface area (Å²) >= 11 is 0. The molecule has 19 heavy (non-hydrogen) atoms. The Morgan fingerprint density at radius 3 is 2.74 bits per heavy atom. The second-order valence-electron chi connectivity index (χ2n) is 4.66. The normalized spacial score (nSPS) is 13.4. The Morgan fingerprint density at radius 1 is 1.37 bits per heavy atom. The summed E-state index contributed by atoms with van der Waals surface area (Å²) in [6, 6.07) is 2.24. The molecule has 1 heterocycles. The summed E-state index contributed by atoms with van der Waals surface area (Å²) < 4.78 is 39.7. The van der Waals surface area contributed by atoms with Crippen molar-refractivity contribution in [3.8, 4) is 0 Å². The van der Waals surface area contributed by atoms with Crippen molar-refractivity contribution < 1.29 is 12.8 Å². The van der Waals surface area contributed by atoms with Crippen LogP contribution in [0.25, 0.3) is 0 Å². The number of rotatable bonds is 8. The first-order chi connectivity index (χ1) is 8.97. The summed E-state index contributed by atoms with van der Waals surface area (Å²) in [7, 11) is -3.87. The van der Waals surface area contributed by atoms with Gasteiger partial charge >= 0.3 is 0 Å². The lowest BCUT2D eigenvalue weighted by atomic mass is 10.1. The lowest BCUT2D eigenvalue weighted by Crippen LogP contribution is -2.33. The molecule has 0 aliphatic rings. The number of hydrogen-bond acceptors (Lipinski definition) is 3. The van der Waals surface area contributed by atoms with Gasteiger partial charge in [-0.25, -0.2) is 22.5 Å². The first kappa shape index (κ1) is 16.0. The maximum atomic E-state index is 13.4. The minimum Gasteiger partial charge on any atom is -0.241 e. The van der Waals surface area contributed by atoms with E-state index in [9.17, 15) is 12.8 Å². The largest absolute Gasteiger partial charge is 0.261 e. The highest BCUT2D eigenvalue weighted by molar-refractivity contribution is 7.89. The molecule has 1 rings (SSSR count). The van der Waals surface area contributed by atoms with Crippen LogP contribution >= 0.6 is 0 Å². The van der Waals surface area contributed by atoms with Crippen molar-refractivity contribution in [3.05, 3.63) is 24.1 Å². The Labute approximate surface area is 114 Å². The number of pyridine rings is 1. The second-order valence-corrected chi connectivity index (χ2v) is 6.29. The van der Waals surface area contributed by atoms with Crippen LogP contribution in [0.15, 0.2) is 23.4 Å². The van der Waals surface area contributed by atoms with E-state index in [1.165, 1.54) is 12.3 Å². The van der Waals surface area contributed by atoms with Crippen molar-refractivity contribution in [2.24, 2.45) is 0 Å². The van der Waals surface area contributed by atoms with E-state index in [1.54, 1.807) is 6.92 Å². The highest BCUT2D eigenvalue weighted by atomic mass is 32.2. The molecule has 1 aromatic heterocycles. The summed E-state index contributed by atoms with van der Waals surface area (Å²) in [5.41, 5.74) is 0. The molecule has 4 nitrogen and oxygen atoms in total. The monoisotopic (exact) mass is 288 g/mol. The molecule has 0 spiro atoms. The molecule has 1 aromatic rings. The molecule has 0 aliphatic carbocycles. The molecule has 0 radical (unpaired) electrons. The number of unbranched alkanes of at least 4 members (excludes halogenated alkanes) is 3. The SMILES string of the molecule is CCCCCCC(C)NS(=O)(=O)c1ncccc1F. The number of hydrogen-bond donors (Lipinski definition) is 1. The predicted molar refractivity (Wildman–Crippen MR) is 72.7 cm³/mol. The van der Waals surface area contributed by atoms with Gasteiger partial charge in [0.25, 0.3) is 10.0 Å². The van der Waals surface area contributed by atoms with E-state index < -0.39 is 20.9 Å². The van der Waals surface area contributed by atoms with Gasteiger partial charge < -0.3 is 0 Å². The molecule has 108 valence electrons. The molecule has 0 bridgehead atoms. The smallest absolute Gasteiger partial charge is 0.241 e. The molecule has 6 heteroatoms. The third-order valence-corrected chi connectivity index (χ3v) is 4.35. The Hall–Kier alpha value is -1.01. The van der Waals surface area contributed by atoms with Crippen LogP contribution in [0.4, 0.5) is 4.39 Å². The molecule has 0 fully saturated rings. The fourth-order valence-electron chi connectivity index (χ4n) is 1.83. The van der Waals surface area contributed by atoms with Gasteiger partial charge in [-0.05, 0) is 25.5 Å². The third kappa shape index (κ3) is 5.24. The van der Waals surface area contributed by atoms with E-state index in [-0.39, 0.29) is 6.04 Å². The zero-order valence-corrected chi connectivity index (χ0v) is 12.2. The number of halogens is 1. The first-order valence-corrected chi connectivity index (χ1v) is 8.08. The lowest BCUT2D eigenvalue weighted by molar-refractivity contribution is 0.509. The Kier molecular flexibility index (Phi) is 6.37. The molecule has 0 aromatic carbocycles. The van der Waals surface area contributed by atoms with E-state index in [0.29, 0.717) is 0 Å². The summed E-state index contributed by atoms with van der Waals surface area (Å²) in [5, 5.41) is -0.532. The quantitative estimate of drug-likeness (QED) is 0.748. The maximum Gasteiger partial charge on any atom is 0.261 e. The summed E-state index contributed by atoms with van der Waals surface area (Å²) in [4.78, 5) is 3.59. The lowest BCUT2D eigenvalue weighted by Gasteiger charge is -2.13. The third-order valence-electron chi connectivity index (χ3n) is 2.83. The zero-order valence-electron chi connectivity index (χ0n) is 11.4. The Bertz CT molecular complexity index is 491. The van der Waals surface area contributed by atoms with Crippen LogP contribution in [0.3, 0.4) is 0 Å². The van der Waals surface area contributed by atoms with E-state index in [1.807, 2.05) is 0 Å². The first-order valence-electron chi connectivity index (χ1n) is 6.60. The van der Waals surface area contributed by atoms with Gasteiger partial charge in [0.1, 0.15) is 0 Å². The van der Waals surface area contributed by atoms with Crippen LogP contribution < -0.4 is 4.72 Å². The summed E-state index contributed by atoms with van der Waals surface area (Å²) in [6.07, 6.45) is 6.34. The standard InChI is InChI=1S/C13H21FN2O2S/c1-3-4-5-6-8-11(2)16-19(17,18)13-12(14)9-7-10-15-13/h7,9-11,16H,3-6,8H2,1-2H3. The minimum atomic E-state index is -3.87. The van der Waals surface area contributed by atoms with Crippen LogP contribution in [-0.2, 0) is 10.0 Å². The number of nitrogens with one attached hydrogen (secondary N) is 1. The van der Waals surface area contributed by atoms with E-state index in [2.05, 4.69) is 16.6 Å². The number of sulfonamides is 1. The summed E-state index contributed by atoms with van der Waals surface area (Å²) in [6.45, 7) is 3.90. The molecular formula is C13H21FN2O2S. The molecular weight excluding hydrogens is 267 g/mol. The van der Waals surface area contributed by atoms with Crippen LogP contribution in [0.2, 0.25) is 0 Å². The van der Waals surface area contributed by atoms with Crippen LogP contribution in [0.5, 0.6) is 0 Å². The van der Waals surface area contributed by atoms with E-state index >= 15 is 0 Å². The highest BCUT2D eigenvalue weighted by Crippen LogP contribution is 2.12. The van der Waals surface area contributed by atoms with Gasteiger partial charge in [-0.1, -0.05) is 32.6 Å². The van der Waals surface area contributed by atoms with Crippen molar-refractivity contribution in [2.45, 2.75) is 57.0 Å².